The van der Waals surface area contributed by atoms with Crippen molar-refractivity contribution in [2.45, 2.75) is 19.4 Å². The van der Waals surface area contributed by atoms with Crippen LogP contribution in [0.25, 0.3) is 0 Å². The number of urea groups is 1. The number of nitrogens with zero attached hydrogens (tertiary/aromatic N) is 1. The first-order valence-corrected chi connectivity index (χ1v) is 8.72. The Morgan fingerprint density at radius 2 is 2.20 bits per heavy atom. The van der Waals surface area contributed by atoms with Crippen LogP contribution in [0, 0.1) is 0 Å². The summed E-state index contributed by atoms with van der Waals surface area (Å²) in [6.07, 6.45) is 1.57. The molecule has 2 aliphatic rings. The quantitative estimate of drug-likeness (QED) is 0.776. The molecule has 1 aromatic heterocycles. The maximum Gasteiger partial charge on any atom is 0.321 e. The summed E-state index contributed by atoms with van der Waals surface area (Å²) in [6, 6.07) is 5.14. The molecule has 0 unspecified atom stereocenters. The van der Waals surface area contributed by atoms with Crippen LogP contribution in [0.15, 0.2) is 18.2 Å². The van der Waals surface area contributed by atoms with E-state index in [1.807, 2.05) is 18.2 Å². The lowest BCUT2D eigenvalue weighted by Crippen LogP contribution is -2.28. The number of ether oxygens (including phenoxy) is 2. The number of hydrogen-bond donors (Lipinski definition) is 3. The fourth-order valence-electron chi connectivity index (χ4n) is 2.66. The zero-order valence-corrected chi connectivity index (χ0v) is 14.1. The van der Waals surface area contributed by atoms with Crippen LogP contribution in [0.2, 0.25) is 0 Å². The van der Waals surface area contributed by atoms with E-state index < -0.39 is 0 Å². The third-order valence-corrected chi connectivity index (χ3v) is 4.90. The van der Waals surface area contributed by atoms with Crippen LogP contribution < -0.4 is 25.4 Å². The van der Waals surface area contributed by atoms with E-state index in [0.29, 0.717) is 34.6 Å². The highest BCUT2D eigenvalue weighted by molar-refractivity contribution is 7.17. The van der Waals surface area contributed by atoms with Crippen molar-refractivity contribution in [1.82, 2.24) is 15.6 Å². The van der Waals surface area contributed by atoms with Crippen LogP contribution in [-0.4, -0.2) is 30.3 Å². The molecule has 0 saturated heterocycles. The molecule has 3 amide bonds. The lowest BCUT2D eigenvalue weighted by atomic mass is 10.2. The van der Waals surface area contributed by atoms with E-state index in [1.165, 1.54) is 11.3 Å². The Morgan fingerprint density at radius 3 is 3.12 bits per heavy atom. The smallest absolute Gasteiger partial charge is 0.321 e. The Balaban J connectivity index is 1.36. The molecule has 2 aliphatic heterocycles. The number of aromatic nitrogens is 1. The normalized spacial score (nSPS) is 15.1. The molecule has 1 aromatic carbocycles. The second kappa shape index (κ2) is 6.60. The summed E-state index contributed by atoms with van der Waals surface area (Å²) < 4.78 is 10.6. The second-order valence-corrected chi connectivity index (χ2v) is 6.65. The molecule has 3 N–H and O–H groups in total. The van der Waals surface area contributed by atoms with Gasteiger partial charge in [0, 0.05) is 13.1 Å². The van der Waals surface area contributed by atoms with Gasteiger partial charge in [-0.3, -0.25) is 10.1 Å². The summed E-state index contributed by atoms with van der Waals surface area (Å²) in [5, 5.41) is 8.68. The number of anilines is 1. The van der Waals surface area contributed by atoms with Gasteiger partial charge in [-0.1, -0.05) is 17.4 Å². The molecule has 0 saturated carbocycles. The third-order valence-electron chi connectivity index (χ3n) is 3.89. The number of rotatable bonds is 3. The number of benzene rings is 1. The molecule has 130 valence electrons. The number of thiazole rings is 1. The number of nitrogens with one attached hydrogen (secondary N) is 3. The van der Waals surface area contributed by atoms with Crippen LogP contribution in [0.4, 0.5) is 9.93 Å². The molecule has 0 atom stereocenters. The van der Waals surface area contributed by atoms with Gasteiger partial charge >= 0.3 is 6.03 Å². The van der Waals surface area contributed by atoms with Crippen molar-refractivity contribution in [2.75, 3.05) is 18.7 Å². The molecule has 8 nitrogen and oxygen atoms in total. The van der Waals surface area contributed by atoms with Gasteiger partial charge in [0.1, 0.15) is 4.88 Å². The second-order valence-electron chi connectivity index (χ2n) is 5.65. The van der Waals surface area contributed by atoms with Crippen LogP contribution in [0.3, 0.4) is 0 Å². The van der Waals surface area contributed by atoms with Crippen LogP contribution >= 0.6 is 11.3 Å². The number of carbonyl (C=O) groups is 2. The van der Waals surface area contributed by atoms with E-state index in [9.17, 15) is 9.59 Å². The van der Waals surface area contributed by atoms with Gasteiger partial charge in [0.15, 0.2) is 16.6 Å². The van der Waals surface area contributed by atoms with Gasteiger partial charge in [0.2, 0.25) is 6.79 Å². The van der Waals surface area contributed by atoms with Crippen LogP contribution in [-0.2, 0) is 13.0 Å². The molecule has 0 aliphatic carbocycles. The lowest BCUT2D eigenvalue weighted by Gasteiger charge is -2.06. The highest BCUT2D eigenvalue weighted by atomic mass is 32.1. The van der Waals surface area contributed by atoms with E-state index in [4.69, 9.17) is 9.47 Å². The van der Waals surface area contributed by atoms with Gasteiger partial charge in [-0.05, 0) is 30.5 Å². The molecule has 0 fully saturated rings. The monoisotopic (exact) mass is 360 g/mol. The maximum absolute atomic E-state index is 12.1. The topological polar surface area (TPSA) is 102 Å². The molecule has 0 radical (unpaired) electrons. The Hall–Kier alpha value is -2.81. The molecule has 25 heavy (non-hydrogen) atoms. The molecular formula is C16H16N4O4S. The molecule has 4 rings (SSSR count). The molecule has 0 spiro atoms. The fourth-order valence-corrected chi connectivity index (χ4v) is 3.59. The SMILES string of the molecule is O=C(NCc1ccc2c(c1)OCO2)Nc1nc2c(s1)C(=O)NCCC2. The molecule has 9 heteroatoms. The van der Waals surface area contributed by atoms with E-state index >= 15 is 0 Å². The Kier molecular flexibility index (Phi) is 4.14. The first kappa shape index (κ1) is 15.7. The minimum atomic E-state index is -0.373. The van der Waals surface area contributed by atoms with Gasteiger partial charge in [-0.15, -0.1) is 0 Å². The highest BCUT2D eigenvalue weighted by Crippen LogP contribution is 2.32. The number of fused-ring (bicyclic) bond motifs is 2. The minimum Gasteiger partial charge on any atom is -0.454 e. The van der Waals surface area contributed by atoms with E-state index in [-0.39, 0.29) is 18.7 Å². The predicted octanol–water partition coefficient (Wildman–Crippen LogP) is 1.87. The van der Waals surface area contributed by atoms with E-state index in [0.717, 1.165) is 24.1 Å². The standard InChI is InChI=1S/C16H16N4O4S/c21-14-13-10(2-1-5-17-14)19-16(25-13)20-15(22)18-7-9-3-4-11-12(6-9)24-8-23-11/h3-4,6H,1-2,5,7-8H2,(H,17,21)(H2,18,19,20,22). The lowest BCUT2D eigenvalue weighted by molar-refractivity contribution is 0.0960. The number of amides is 3. The van der Waals surface area contributed by atoms with Gasteiger partial charge in [0.25, 0.3) is 5.91 Å². The van der Waals surface area contributed by atoms with Crippen LogP contribution in [0.5, 0.6) is 11.5 Å². The summed E-state index contributed by atoms with van der Waals surface area (Å²) in [5.41, 5.74) is 1.64. The fraction of sp³-hybridized carbons (Fsp3) is 0.312. The molecule has 3 heterocycles. The van der Waals surface area contributed by atoms with Crippen molar-refractivity contribution in [3.05, 3.63) is 34.3 Å². The zero-order chi connectivity index (χ0) is 17.2. The predicted molar refractivity (Wildman–Crippen MR) is 91.2 cm³/mol. The van der Waals surface area contributed by atoms with Crippen molar-refractivity contribution in [2.24, 2.45) is 0 Å². The molecule has 2 aromatic rings. The van der Waals surface area contributed by atoms with E-state index in [1.54, 1.807) is 0 Å². The first-order valence-electron chi connectivity index (χ1n) is 7.90. The summed E-state index contributed by atoms with van der Waals surface area (Å²) in [6.45, 7) is 1.21. The van der Waals surface area contributed by atoms with Gasteiger partial charge in [-0.25, -0.2) is 9.78 Å². The first-order chi connectivity index (χ1) is 12.2. The average Bonchev–Trinajstić information content (AvgIpc) is 3.19. The van der Waals surface area contributed by atoms with Crippen molar-refractivity contribution in [3.8, 4) is 11.5 Å². The zero-order valence-electron chi connectivity index (χ0n) is 13.3. The van der Waals surface area contributed by atoms with Crippen molar-refractivity contribution in [1.29, 1.82) is 0 Å². The third kappa shape index (κ3) is 3.36. The summed E-state index contributed by atoms with van der Waals surface area (Å²) in [7, 11) is 0. The maximum atomic E-state index is 12.1. The van der Waals surface area contributed by atoms with Crippen molar-refractivity contribution in [3.63, 3.8) is 0 Å². The number of carbonyl (C=O) groups excluding carboxylic acids is 2. The van der Waals surface area contributed by atoms with E-state index in [2.05, 4.69) is 20.9 Å². The minimum absolute atomic E-state index is 0.126. The Labute approximate surface area is 147 Å². The highest BCUT2D eigenvalue weighted by Gasteiger charge is 2.21. The van der Waals surface area contributed by atoms with Gasteiger partial charge < -0.3 is 20.1 Å². The number of hydrogen-bond acceptors (Lipinski definition) is 6. The van der Waals surface area contributed by atoms with Gasteiger partial charge in [0.05, 0.1) is 5.69 Å². The van der Waals surface area contributed by atoms with Gasteiger partial charge in [-0.2, -0.15) is 0 Å². The largest absolute Gasteiger partial charge is 0.454 e. The van der Waals surface area contributed by atoms with Crippen molar-refractivity contribution >= 4 is 28.4 Å². The average molecular weight is 360 g/mol. The van der Waals surface area contributed by atoms with Crippen molar-refractivity contribution < 1.29 is 19.1 Å². The Bertz CT molecular complexity index is 836. The van der Waals surface area contributed by atoms with Crippen LogP contribution in [0.1, 0.15) is 27.3 Å². The molecular weight excluding hydrogens is 344 g/mol. The molecule has 0 bridgehead atoms. The summed E-state index contributed by atoms with van der Waals surface area (Å²) in [5.74, 6) is 1.25. The summed E-state index contributed by atoms with van der Waals surface area (Å²) >= 11 is 1.19. The Morgan fingerprint density at radius 1 is 1.32 bits per heavy atom. The summed E-state index contributed by atoms with van der Waals surface area (Å²) in [4.78, 5) is 28.9. The number of aryl methyl sites for hydroxylation is 1.